The molecule has 0 fully saturated rings. The van der Waals surface area contributed by atoms with E-state index in [9.17, 15) is 4.79 Å². The van der Waals surface area contributed by atoms with E-state index in [2.05, 4.69) is 20.6 Å². The maximum atomic E-state index is 12.2. The number of benzene rings is 3. The summed E-state index contributed by atoms with van der Waals surface area (Å²) in [7, 11) is 0. The third kappa shape index (κ3) is 4.67. The van der Waals surface area contributed by atoms with Gasteiger partial charge in [-0.2, -0.15) is 0 Å². The van der Waals surface area contributed by atoms with Crippen LogP contribution in [-0.4, -0.2) is 21.0 Å². The third-order valence-electron chi connectivity index (χ3n) is 4.62. The maximum Gasteiger partial charge on any atom is 0.230 e. The first-order valence-corrected chi connectivity index (χ1v) is 10.2. The minimum absolute atomic E-state index is 0.167. The van der Waals surface area contributed by atoms with Crippen molar-refractivity contribution in [1.82, 2.24) is 15.3 Å². The summed E-state index contributed by atoms with van der Waals surface area (Å²) in [5.74, 6) is 0.564. The molecule has 5 nitrogen and oxygen atoms in total. The van der Waals surface area contributed by atoms with Crippen LogP contribution < -0.4 is 10.6 Å². The van der Waals surface area contributed by atoms with Crippen LogP contribution in [0.2, 0.25) is 5.02 Å². The second-order valence-corrected chi connectivity index (χ2v) is 7.76. The van der Waals surface area contributed by atoms with Gasteiger partial charge in [0.1, 0.15) is 5.82 Å². The van der Waals surface area contributed by atoms with Crippen LogP contribution in [0, 0.1) is 6.92 Å². The molecule has 0 aliphatic rings. The van der Waals surface area contributed by atoms with Crippen molar-refractivity contribution in [2.75, 3.05) is 5.32 Å². The smallest absolute Gasteiger partial charge is 0.230 e. The summed E-state index contributed by atoms with van der Waals surface area (Å²) in [6, 6.07) is 21.0. The molecule has 7 heteroatoms. The lowest BCUT2D eigenvalue weighted by Gasteiger charge is -2.10. The first-order valence-electron chi connectivity index (χ1n) is 9.39. The molecule has 0 spiro atoms. The first-order chi connectivity index (χ1) is 14.5. The molecule has 0 unspecified atom stereocenters. The predicted molar refractivity (Wildman–Crippen MR) is 126 cm³/mol. The number of anilines is 1. The van der Waals surface area contributed by atoms with Crippen molar-refractivity contribution >= 4 is 51.6 Å². The highest BCUT2D eigenvalue weighted by Gasteiger charge is 2.10. The lowest BCUT2D eigenvalue weighted by atomic mass is 10.1. The van der Waals surface area contributed by atoms with Crippen molar-refractivity contribution in [3.63, 3.8) is 0 Å². The number of hydrogen-bond acceptors (Lipinski definition) is 3. The number of H-pyrrole nitrogens is 1. The first kappa shape index (κ1) is 20.1. The maximum absolute atomic E-state index is 12.2. The fourth-order valence-electron chi connectivity index (χ4n) is 3.13. The average molecular weight is 435 g/mol. The molecular formula is C23H19ClN4OS. The van der Waals surface area contributed by atoms with Gasteiger partial charge in [0.25, 0.3) is 0 Å². The van der Waals surface area contributed by atoms with Crippen molar-refractivity contribution in [2.45, 2.75) is 13.3 Å². The third-order valence-corrected chi connectivity index (χ3v) is 5.23. The Morgan fingerprint density at radius 3 is 2.70 bits per heavy atom. The molecule has 4 rings (SSSR count). The number of carbonyl (C=O) groups excluding carboxylic acids is 1. The number of imidazole rings is 1. The van der Waals surface area contributed by atoms with Gasteiger partial charge in [0, 0.05) is 16.3 Å². The number of aromatic amines is 1. The SMILES string of the molecule is Cc1cc2[nH]c(-c3cccc(NC(=S)NC(=O)Cc4ccccc4)c3)nc2cc1Cl. The molecule has 0 atom stereocenters. The Morgan fingerprint density at radius 2 is 1.90 bits per heavy atom. The molecule has 1 heterocycles. The van der Waals surface area contributed by atoms with Crippen molar-refractivity contribution < 1.29 is 4.79 Å². The predicted octanol–water partition coefficient (Wildman–Crippen LogP) is 5.25. The molecule has 3 N–H and O–H groups in total. The number of halogens is 1. The number of hydrogen-bond donors (Lipinski definition) is 3. The van der Waals surface area contributed by atoms with E-state index in [0.29, 0.717) is 5.02 Å². The second-order valence-electron chi connectivity index (χ2n) is 6.95. The van der Waals surface area contributed by atoms with E-state index in [1.807, 2.05) is 73.7 Å². The number of thiocarbonyl (C=S) groups is 1. The van der Waals surface area contributed by atoms with E-state index in [0.717, 1.165) is 39.2 Å². The fourth-order valence-corrected chi connectivity index (χ4v) is 3.52. The van der Waals surface area contributed by atoms with Crippen LogP contribution in [0.3, 0.4) is 0 Å². The Hall–Kier alpha value is -3.22. The summed E-state index contributed by atoms with van der Waals surface area (Å²) in [6.45, 7) is 1.96. The summed E-state index contributed by atoms with van der Waals surface area (Å²) in [6.07, 6.45) is 0.268. The fraction of sp³-hybridized carbons (Fsp3) is 0.0870. The van der Waals surface area contributed by atoms with Crippen LogP contribution in [0.5, 0.6) is 0 Å². The summed E-state index contributed by atoms with van der Waals surface area (Å²) in [4.78, 5) is 20.1. The van der Waals surface area contributed by atoms with Gasteiger partial charge in [-0.15, -0.1) is 0 Å². The Bertz CT molecular complexity index is 1200. The molecule has 0 aliphatic carbocycles. The van der Waals surface area contributed by atoms with Gasteiger partial charge in [0.05, 0.1) is 17.5 Å². The molecule has 0 radical (unpaired) electrons. The molecular weight excluding hydrogens is 416 g/mol. The summed E-state index contributed by atoms with van der Waals surface area (Å²) < 4.78 is 0. The zero-order chi connectivity index (χ0) is 21.1. The Morgan fingerprint density at radius 1 is 1.10 bits per heavy atom. The van der Waals surface area contributed by atoms with Gasteiger partial charge < -0.3 is 15.6 Å². The van der Waals surface area contributed by atoms with Gasteiger partial charge in [0.15, 0.2) is 5.11 Å². The van der Waals surface area contributed by atoms with Crippen LogP contribution in [0.1, 0.15) is 11.1 Å². The Kier molecular flexibility index (Phi) is 5.79. The van der Waals surface area contributed by atoms with Gasteiger partial charge in [0.2, 0.25) is 5.91 Å². The monoisotopic (exact) mass is 434 g/mol. The van der Waals surface area contributed by atoms with Gasteiger partial charge in [-0.25, -0.2) is 4.98 Å². The van der Waals surface area contributed by atoms with E-state index < -0.39 is 0 Å². The Labute approximate surface area is 184 Å². The standard InChI is InChI=1S/C23H19ClN4OS/c1-14-10-19-20(13-18(14)24)27-22(26-19)16-8-5-9-17(12-16)25-23(30)28-21(29)11-15-6-3-2-4-7-15/h2-10,12-13H,11H2,1H3,(H,26,27)(H2,25,28,29,30). The molecule has 30 heavy (non-hydrogen) atoms. The zero-order valence-electron chi connectivity index (χ0n) is 16.2. The number of rotatable bonds is 4. The van der Waals surface area contributed by atoms with E-state index in [1.165, 1.54) is 0 Å². The minimum Gasteiger partial charge on any atom is -0.338 e. The molecule has 1 aromatic heterocycles. The van der Waals surface area contributed by atoms with Gasteiger partial charge >= 0.3 is 0 Å². The molecule has 0 saturated heterocycles. The number of nitrogens with one attached hydrogen (secondary N) is 3. The number of aromatic nitrogens is 2. The van der Waals surface area contributed by atoms with E-state index in [4.69, 9.17) is 23.8 Å². The number of nitrogens with zero attached hydrogens (tertiary/aromatic N) is 1. The van der Waals surface area contributed by atoms with E-state index >= 15 is 0 Å². The number of aryl methyl sites for hydroxylation is 1. The molecule has 1 amide bonds. The zero-order valence-corrected chi connectivity index (χ0v) is 17.8. The summed E-state index contributed by atoms with van der Waals surface area (Å²) >= 11 is 11.5. The Balaban J connectivity index is 1.45. The van der Waals surface area contributed by atoms with Crippen molar-refractivity contribution in [1.29, 1.82) is 0 Å². The highest BCUT2D eigenvalue weighted by molar-refractivity contribution is 7.80. The van der Waals surface area contributed by atoms with Crippen LogP contribution >= 0.6 is 23.8 Å². The van der Waals surface area contributed by atoms with E-state index in [-0.39, 0.29) is 17.4 Å². The topological polar surface area (TPSA) is 69.8 Å². The normalized spacial score (nSPS) is 10.7. The second kappa shape index (κ2) is 8.65. The number of carbonyl (C=O) groups is 1. The van der Waals surface area contributed by atoms with Crippen LogP contribution in [-0.2, 0) is 11.2 Å². The molecule has 3 aromatic carbocycles. The lowest BCUT2D eigenvalue weighted by molar-refractivity contribution is -0.119. The quantitative estimate of drug-likeness (QED) is 0.384. The number of fused-ring (bicyclic) bond motifs is 1. The van der Waals surface area contributed by atoms with Crippen molar-refractivity contribution in [2.24, 2.45) is 0 Å². The average Bonchev–Trinajstić information content (AvgIpc) is 3.12. The largest absolute Gasteiger partial charge is 0.338 e. The van der Waals surface area contributed by atoms with Crippen LogP contribution in [0.25, 0.3) is 22.4 Å². The molecule has 0 bridgehead atoms. The van der Waals surface area contributed by atoms with Crippen LogP contribution in [0.15, 0.2) is 66.7 Å². The minimum atomic E-state index is -0.167. The summed E-state index contributed by atoms with van der Waals surface area (Å²) in [5, 5.41) is 6.71. The van der Waals surface area contributed by atoms with Gasteiger partial charge in [-0.05, 0) is 54.5 Å². The highest BCUT2D eigenvalue weighted by Crippen LogP contribution is 2.26. The lowest BCUT2D eigenvalue weighted by Crippen LogP contribution is -2.35. The van der Waals surface area contributed by atoms with E-state index in [1.54, 1.807) is 0 Å². The molecule has 150 valence electrons. The van der Waals surface area contributed by atoms with Crippen molar-refractivity contribution in [3.8, 4) is 11.4 Å². The summed E-state index contributed by atoms with van der Waals surface area (Å²) in [5.41, 5.74) is 5.30. The number of amides is 1. The van der Waals surface area contributed by atoms with Crippen LogP contribution in [0.4, 0.5) is 5.69 Å². The highest BCUT2D eigenvalue weighted by atomic mass is 35.5. The molecule has 0 aliphatic heterocycles. The molecule has 0 saturated carbocycles. The van der Waals surface area contributed by atoms with Gasteiger partial charge in [-0.3, -0.25) is 4.79 Å². The van der Waals surface area contributed by atoms with Gasteiger partial charge in [-0.1, -0.05) is 54.1 Å². The molecule has 4 aromatic rings. The van der Waals surface area contributed by atoms with Crippen molar-refractivity contribution in [3.05, 3.63) is 82.9 Å².